The third-order valence-electron chi connectivity index (χ3n) is 9.37. The molecule has 0 aromatic carbocycles. The number of aliphatic hydroxyl groups excluding tert-OH is 1. The first-order chi connectivity index (χ1) is 11.2. The zero-order valence-corrected chi connectivity index (χ0v) is 15.6. The highest BCUT2D eigenvalue weighted by Gasteiger charge is 2.65. The standard InChI is InChI=1S/C21H34O3/c1-13(22)21(24)11-8-18-16-5-4-14-12-15(23)6-9-19(14,2)17(16)7-10-20(18,21)3/h14-18,23-24H,4-12H2,1-3H3/t14-,15+,16+,17+,18+,19-,20-,21-/m0/s1. The lowest BCUT2D eigenvalue weighted by molar-refractivity contribution is -0.170. The molecule has 0 saturated heterocycles. The van der Waals surface area contributed by atoms with Gasteiger partial charge in [0.1, 0.15) is 5.60 Å². The molecule has 0 amide bonds. The second-order valence-corrected chi connectivity index (χ2v) is 10.00. The van der Waals surface area contributed by atoms with Crippen molar-refractivity contribution in [1.29, 1.82) is 0 Å². The van der Waals surface area contributed by atoms with Gasteiger partial charge in [-0.05, 0) is 93.8 Å². The van der Waals surface area contributed by atoms with Crippen LogP contribution in [0.4, 0.5) is 0 Å². The molecule has 0 unspecified atom stereocenters. The van der Waals surface area contributed by atoms with Crippen LogP contribution in [0.15, 0.2) is 0 Å². The molecule has 0 aromatic rings. The molecule has 4 rings (SSSR count). The highest BCUT2D eigenvalue weighted by atomic mass is 16.3. The van der Waals surface area contributed by atoms with Crippen molar-refractivity contribution in [2.45, 2.75) is 90.3 Å². The molecule has 4 saturated carbocycles. The first-order valence-electron chi connectivity index (χ1n) is 10.1. The SMILES string of the molecule is CC(=O)[C@@]1(O)CC[C@@H]2[C@@H]3CC[C@H]4C[C@H](O)CC[C@]4(C)[C@@H]3CC[C@@]21C. The Kier molecular flexibility index (Phi) is 3.76. The second-order valence-electron chi connectivity index (χ2n) is 10.00. The van der Waals surface area contributed by atoms with Gasteiger partial charge in [-0.3, -0.25) is 4.79 Å². The number of carbonyl (C=O) groups is 1. The van der Waals surface area contributed by atoms with Gasteiger partial charge in [-0.1, -0.05) is 13.8 Å². The van der Waals surface area contributed by atoms with Crippen LogP contribution in [-0.2, 0) is 4.79 Å². The summed E-state index contributed by atoms with van der Waals surface area (Å²) in [7, 11) is 0. The summed E-state index contributed by atoms with van der Waals surface area (Å²) < 4.78 is 0. The first kappa shape index (κ1) is 17.0. The minimum atomic E-state index is -1.09. The molecule has 2 N–H and O–H groups in total. The molecule has 3 nitrogen and oxygen atoms in total. The number of hydrogen-bond acceptors (Lipinski definition) is 3. The van der Waals surface area contributed by atoms with Crippen LogP contribution in [0.5, 0.6) is 0 Å². The zero-order valence-electron chi connectivity index (χ0n) is 15.6. The molecule has 0 aliphatic heterocycles. The summed E-state index contributed by atoms with van der Waals surface area (Å²) in [6.07, 6.45) is 9.25. The van der Waals surface area contributed by atoms with E-state index >= 15 is 0 Å². The fourth-order valence-corrected chi connectivity index (χ4v) is 7.83. The average molecular weight is 335 g/mol. The predicted molar refractivity (Wildman–Crippen MR) is 93.4 cm³/mol. The number of ketones is 1. The Hall–Kier alpha value is -0.410. The van der Waals surface area contributed by atoms with E-state index in [9.17, 15) is 15.0 Å². The van der Waals surface area contributed by atoms with Crippen LogP contribution >= 0.6 is 0 Å². The third kappa shape index (κ3) is 2.00. The minimum absolute atomic E-state index is 0.0216. The van der Waals surface area contributed by atoms with Crippen molar-refractivity contribution in [3.8, 4) is 0 Å². The molecule has 24 heavy (non-hydrogen) atoms. The normalized spacial score (nSPS) is 57.0. The summed E-state index contributed by atoms with van der Waals surface area (Å²) in [6.45, 7) is 6.26. The minimum Gasteiger partial charge on any atom is -0.393 e. The van der Waals surface area contributed by atoms with Crippen LogP contribution < -0.4 is 0 Å². The monoisotopic (exact) mass is 334 g/mol. The summed E-state index contributed by atoms with van der Waals surface area (Å²) >= 11 is 0. The lowest BCUT2D eigenvalue weighted by Crippen LogP contribution is -2.58. The molecular weight excluding hydrogens is 300 g/mol. The Labute approximate surface area is 146 Å². The first-order valence-corrected chi connectivity index (χ1v) is 10.1. The highest BCUT2D eigenvalue weighted by molar-refractivity contribution is 5.86. The van der Waals surface area contributed by atoms with Gasteiger partial charge in [0.15, 0.2) is 5.78 Å². The maximum atomic E-state index is 12.2. The fourth-order valence-electron chi connectivity index (χ4n) is 7.83. The Morgan fingerprint density at radius 2 is 1.67 bits per heavy atom. The Balaban J connectivity index is 1.65. The van der Waals surface area contributed by atoms with E-state index < -0.39 is 5.60 Å². The summed E-state index contributed by atoms with van der Waals surface area (Å²) in [5.41, 5.74) is -0.957. The number of Topliss-reactive ketones (excluding diaryl/α,β-unsaturated/α-hetero) is 1. The smallest absolute Gasteiger partial charge is 0.161 e. The molecule has 8 atom stereocenters. The van der Waals surface area contributed by atoms with E-state index in [0.29, 0.717) is 29.6 Å². The summed E-state index contributed by atoms with van der Waals surface area (Å²) in [5, 5.41) is 21.3. The van der Waals surface area contributed by atoms with Crippen LogP contribution in [0.1, 0.15) is 78.6 Å². The van der Waals surface area contributed by atoms with Crippen molar-refractivity contribution >= 4 is 5.78 Å². The van der Waals surface area contributed by atoms with Crippen LogP contribution in [0.3, 0.4) is 0 Å². The molecule has 3 heteroatoms. The molecule has 4 aliphatic carbocycles. The molecule has 4 fully saturated rings. The average Bonchev–Trinajstić information content (AvgIpc) is 2.81. The van der Waals surface area contributed by atoms with Crippen LogP contribution in [0.25, 0.3) is 0 Å². The summed E-state index contributed by atoms with van der Waals surface area (Å²) in [4.78, 5) is 12.2. The van der Waals surface area contributed by atoms with E-state index in [1.807, 2.05) is 0 Å². The lowest BCUT2D eigenvalue weighted by atomic mass is 9.44. The van der Waals surface area contributed by atoms with Gasteiger partial charge in [-0.25, -0.2) is 0 Å². The van der Waals surface area contributed by atoms with Gasteiger partial charge in [0.25, 0.3) is 0 Å². The maximum Gasteiger partial charge on any atom is 0.161 e. The van der Waals surface area contributed by atoms with E-state index in [4.69, 9.17) is 0 Å². The van der Waals surface area contributed by atoms with Gasteiger partial charge in [0, 0.05) is 5.41 Å². The van der Waals surface area contributed by atoms with Gasteiger partial charge in [0.05, 0.1) is 6.10 Å². The Morgan fingerprint density at radius 1 is 0.958 bits per heavy atom. The largest absolute Gasteiger partial charge is 0.393 e. The van der Waals surface area contributed by atoms with E-state index in [0.717, 1.165) is 44.4 Å². The molecule has 0 spiro atoms. The number of rotatable bonds is 1. The van der Waals surface area contributed by atoms with Gasteiger partial charge < -0.3 is 10.2 Å². The van der Waals surface area contributed by atoms with Gasteiger partial charge in [-0.2, -0.15) is 0 Å². The summed E-state index contributed by atoms with van der Waals surface area (Å²) in [5.74, 6) is 2.52. The number of hydrogen-bond donors (Lipinski definition) is 2. The zero-order chi connectivity index (χ0) is 17.3. The predicted octanol–water partition coefficient (Wildman–Crippen LogP) is 3.71. The molecular formula is C21H34O3. The number of fused-ring (bicyclic) bond motifs is 5. The molecule has 136 valence electrons. The van der Waals surface area contributed by atoms with Crippen molar-refractivity contribution < 1.29 is 15.0 Å². The van der Waals surface area contributed by atoms with E-state index in [2.05, 4.69) is 13.8 Å². The topological polar surface area (TPSA) is 57.5 Å². The molecule has 0 bridgehead atoms. The Bertz CT molecular complexity index is 545. The van der Waals surface area contributed by atoms with Gasteiger partial charge in [0.2, 0.25) is 0 Å². The van der Waals surface area contributed by atoms with E-state index in [-0.39, 0.29) is 17.3 Å². The molecule has 0 radical (unpaired) electrons. The van der Waals surface area contributed by atoms with Crippen molar-refractivity contribution in [3.05, 3.63) is 0 Å². The van der Waals surface area contributed by atoms with Crippen LogP contribution in [0, 0.1) is 34.5 Å². The van der Waals surface area contributed by atoms with Crippen LogP contribution in [-0.4, -0.2) is 27.7 Å². The van der Waals surface area contributed by atoms with Gasteiger partial charge >= 0.3 is 0 Å². The van der Waals surface area contributed by atoms with Gasteiger partial charge in [-0.15, -0.1) is 0 Å². The Morgan fingerprint density at radius 3 is 2.38 bits per heavy atom. The second kappa shape index (κ2) is 5.30. The summed E-state index contributed by atoms with van der Waals surface area (Å²) in [6, 6.07) is 0. The van der Waals surface area contributed by atoms with Crippen molar-refractivity contribution in [3.63, 3.8) is 0 Å². The van der Waals surface area contributed by atoms with E-state index in [1.165, 1.54) is 12.8 Å². The van der Waals surface area contributed by atoms with Crippen molar-refractivity contribution in [2.75, 3.05) is 0 Å². The fraction of sp³-hybridized carbons (Fsp3) is 0.952. The quantitative estimate of drug-likeness (QED) is 0.768. The molecule has 0 aromatic heterocycles. The third-order valence-corrected chi connectivity index (χ3v) is 9.37. The molecule has 4 aliphatic rings. The van der Waals surface area contributed by atoms with Crippen molar-refractivity contribution in [1.82, 2.24) is 0 Å². The van der Waals surface area contributed by atoms with E-state index in [1.54, 1.807) is 6.92 Å². The maximum absolute atomic E-state index is 12.2. The number of aliphatic hydroxyl groups is 2. The molecule has 0 heterocycles. The number of carbonyl (C=O) groups excluding carboxylic acids is 1. The lowest BCUT2D eigenvalue weighted by Gasteiger charge is -2.61. The highest BCUT2D eigenvalue weighted by Crippen LogP contribution is 2.68. The van der Waals surface area contributed by atoms with Crippen LogP contribution in [0.2, 0.25) is 0 Å². The van der Waals surface area contributed by atoms with Crippen molar-refractivity contribution in [2.24, 2.45) is 34.5 Å².